The van der Waals surface area contributed by atoms with E-state index in [-0.39, 0.29) is 11.7 Å². The molecule has 0 heterocycles. The number of nitrogens with zero attached hydrogens (tertiary/aromatic N) is 1. The molecule has 1 aromatic rings. The van der Waals surface area contributed by atoms with Gasteiger partial charge in [-0.3, -0.25) is 4.79 Å². The van der Waals surface area contributed by atoms with Crippen LogP contribution in [0.5, 0.6) is 0 Å². The molecule has 1 aliphatic carbocycles. The molecular weight excluding hydrogens is 231 g/mol. The topological polar surface area (TPSA) is 46.3 Å². The van der Waals surface area contributed by atoms with Crippen molar-refractivity contribution in [3.63, 3.8) is 0 Å². The minimum absolute atomic E-state index is 0.0714. The number of carbonyl (C=O) groups excluding carboxylic acids is 1. The maximum absolute atomic E-state index is 12.7. The molecule has 3 nitrogen and oxygen atoms in total. The Bertz CT molecular complexity index is 412. The lowest BCUT2D eigenvalue weighted by Gasteiger charge is -2.35. The van der Waals surface area contributed by atoms with Gasteiger partial charge in [-0.15, -0.1) is 0 Å². The molecule has 1 aromatic carbocycles. The second-order valence-electron chi connectivity index (χ2n) is 5.18. The van der Waals surface area contributed by atoms with E-state index in [1.54, 1.807) is 17.0 Å². The molecule has 18 heavy (non-hydrogen) atoms. The summed E-state index contributed by atoms with van der Waals surface area (Å²) < 4.78 is 12.7. The van der Waals surface area contributed by atoms with E-state index in [0.29, 0.717) is 18.4 Å². The number of hydrogen-bond donors (Lipinski definition) is 1. The van der Waals surface area contributed by atoms with E-state index in [1.165, 1.54) is 12.1 Å². The zero-order valence-electron chi connectivity index (χ0n) is 10.6. The summed E-state index contributed by atoms with van der Waals surface area (Å²) in [5.41, 5.74) is 6.57. The summed E-state index contributed by atoms with van der Waals surface area (Å²) in [5, 5.41) is 0. The van der Waals surface area contributed by atoms with E-state index in [9.17, 15) is 9.18 Å². The van der Waals surface area contributed by atoms with Gasteiger partial charge in [-0.05, 0) is 36.5 Å². The Kier molecular flexibility index (Phi) is 3.97. The zero-order chi connectivity index (χ0) is 13.1. The van der Waals surface area contributed by atoms with Gasteiger partial charge in [-0.2, -0.15) is 0 Å². The summed E-state index contributed by atoms with van der Waals surface area (Å²) in [6, 6.07) is 6.39. The maximum atomic E-state index is 12.7. The van der Waals surface area contributed by atoms with Crippen LogP contribution >= 0.6 is 0 Å². The lowest BCUT2D eigenvalue weighted by Crippen LogP contribution is -2.43. The Morgan fingerprint density at radius 1 is 1.39 bits per heavy atom. The van der Waals surface area contributed by atoms with Crippen molar-refractivity contribution >= 4 is 5.91 Å². The molecule has 2 rings (SSSR count). The highest BCUT2D eigenvalue weighted by molar-refractivity contribution is 5.78. The van der Waals surface area contributed by atoms with Gasteiger partial charge in [0, 0.05) is 19.6 Å². The minimum atomic E-state index is -0.275. The standard InChI is InChI=1S/C14H19FN2O/c1-17(9-11-6-13(16)7-11)14(18)8-10-2-4-12(15)5-3-10/h2-5,11,13H,6-9,16H2,1H3. The molecule has 4 heteroatoms. The number of rotatable bonds is 4. The van der Waals surface area contributed by atoms with Crippen molar-refractivity contribution in [3.05, 3.63) is 35.6 Å². The van der Waals surface area contributed by atoms with E-state index < -0.39 is 0 Å². The molecule has 0 bridgehead atoms. The average Bonchev–Trinajstić information content (AvgIpc) is 2.30. The van der Waals surface area contributed by atoms with E-state index >= 15 is 0 Å². The SMILES string of the molecule is CN(CC1CC(N)C1)C(=O)Cc1ccc(F)cc1. The van der Waals surface area contributed by atoms with E-state index in [0.717, 1.165) is 24.9 Å². The number of hydrogen-bond acceptors (Lipinski definition) is 2. The smallest absolute Gasteiger partial charge is 0.226 e. The number of benzene rings is 1. The molecule has 1 saturated carbocycles. The second-order valence-corrected chi connectivity index (χ2v) is 5.18. The fraction of sp³-hybridized carbons (Fsp3) is 0.500. The van der Waals surface area contributed by atoms with Crippen molar-refractivity contribution in [2.24, 2.45) is 11.7 Å². The van der Waals surface area contributed by atoms with Gasteiger partial charge >= 0.3 is 0 Å². The Labute approximate surface area is 107 Å². The molecule has 0 radical (unpaired) electrons. The van der Waals surface area contributed by atoms with Crippen molar-refractivity contribution in [3.8, 4) is 0 Å². The van der Waals surface area contributed by atoms with Crippen LogP contribution < -0.4 is 5.73 Å². The van der Waals surface area contributed by atoms with E-state index in [1.807, 2.05) is 7.05 Å². The highest BCUT2D eigenvalue weighted by atomic mass is 19.1. The summed E-state index contributed by atoms with van der Waals surface area (Å²) in [4.78, 5) is 13.7. The Morgan fingerprint density at radius 2 is 2.00 bits per heavy atom. The normalized spacial score (nSPS) is 22.4. The molecule has 1 fully saturated rings. The molecular formula is C14H19FN2O. The molecule has 1 aliphatic rings. The highest BCUT2D eigenvalue weighted by Gasteiger charge is 2.27. The lowest BCUT2D eigenvalue weighted by molar-refractivity contribution is -0.130. The molecule has 0 saturated heterocycles. The summed E-state index contributed by atoms with van der Waals surface area (Å²) in [5.74, 6) is 0.340. The van der Waals surface area contributed by atoms with Crippen LogP contribution in [0.2, 0.25) is 0 Å². The van der Waals surface area contributed by atoms with Gasteiger partial charge in [-0.1, -0.05) is 12.1 Å². The molecule has 98 valence electrons. The first kappa shape index (κ1) is 13.0. The molecule has 0 atom stereocenters. The van der Waals surface area contributed by atoms with Crippen molar-refractivity contribution in [1.82, 2.24) is 4.90 Å². The largest absolute Gasteiger partial charge is 0.345 e. The summed E-state index contributed by atoms with van der Waals surface area (Å²) in [7, 11) is 1.82. The first-order valence-corrected chi connectivity index (χ1v) is 6.28. The van der Waals surface area contributed by atoms with E-state index in [4.69, 9.17) is 5.73 Å². The fourth-order valence-electron chi connectivity index (χ4n) is 2.34. The van der Waals surface area contributed by atoms with Crippen molar-refractivity contribution < 1.29 is 9.18 Å². The third-order valence-corrected chi connectivity index (χ3v) is 3.50. The van der Waals surface area contributed by atoms with Crippen LogP contribution in [0.25, 0.3) is 0 Å². The fourth-order valence-corrected chi connectivity index (χ4v) is 2.34. The molecule has 0 aliphatic heterocycles. The molecule has 0 unspecified atom stereocenters. The van der Waals surface area contributed by atoms with Crippen molar-refractivity contribution in [2.45, 2.75) is 25.3 Å². The third kappa shape index (κ3) is 3.29. The van der Waals surface area contributed by atoms with Gasteiger partial charge in [0.2, 0.25) is 5.91 Å². The Morgan fingerprint density at radius 3 is 2.56 bits per heavy atom. The van der Waals surface area contributed by atoms with Gasteiger partial charge in [0.05, 0.1) is 6.42 Å². The van der Waals surface area contributed by atoms with Crippen LogP contribution in [-0.2, 0) is 11.2 Å². The lowest BCUT2D eigenvalue weighted by atomic mass is 9.80. The second kappa shape index (κ2) is 5.48. The number of halogens is 1. The van der Waals surface area contributed by atoms with Gasteiger partial charge in [0.25, 0.3) is 0 Å². The first-order valence-electron chi connectivity index (χ1n) is 6.28. The summed E-state index contributed by atoms with van der Waals surface area (Å²) >= 11 is 0. The third-order valence-electron chi connectivity index (χ3n) is 3.50. The number of likely N-dealkylation sites (N-methyl/N-ethyl adjacent to an activating group) is 1. The van der Waals surface area contributed by atoms with Crippen molar-refractivity contribution in [2.75, 3.05) is 13.6 Å². The summed E-state index contributed by atoms with van der Waals surface area (Å²) in [6.45, 7) is 0.772. The highest BCUT2D eigenvalue weighted by Crippen LogP contribution is 2.26. The van der Waals surface area contributed by atoms with Gasteiger partial charge in [0.1, 0.15) is 5.82 Å². The first-order chi connectivity index (χ1) is 8.54. The van der Waals surface area contributed by atoms with Crippen molar-refractivity contribution in [1.29, 1.82) is 0 Å². The minimum Gasteiger partial charge on any atom is -0.345 e. The number of amides is 1. The van der Waals surface area contributed by atoms with Crippen LogP contribution in [0.1, 0.15) is 18.4 Å². The van der Waals surface area contributed by atoms with E-state index in [2.05, 4.69) is 0 Å². The van der Waals surface area contributed by atoms with Crippen LogP contribution in [0.15, 0.2) is 24.3 Å². The number of nitrogens with two attached hydrogens (primary N) is 1. The van der Waals surface area contributed by atoms with Crippen LogP contribution in [-0.4, -0.2) is 30.4 Å². The molecule has 1 amide bonds. The quantitative estimate of drug-likeness (QED) is 0.881. The van der Waals surface area contributed by atoms with Gasteiger partial charge < -0.3 is 10.6 Å². The predicted octanol–water partition coefficient (Wildman–Crippen LogP) is 1.56. The van der Waals surface area contributed by atoms with Crippen LogP contribution in [0, 0.1) is 11.7 Å². The monoisotopic (exact) mass is 250 g/mol. The molecule has 0 spiro atoms. The Balaban J connectivity index is 1.81. The Hall–Kier alpha value is -1.42. The molecule has 0 aromatic heterocycles. The predicted molar refractivity (Wildman–Crippen MR) is 68.4 cm³/mol. The van der Waals surface area contributed by atoms with Gasteiger partial charge in [-0.25, -0.2) is 4.39 Å². The number of carbonyl (C=O) groups is 1. The summed E-state index contributed by atoms with van der Waals surface area (Å²) in [6.07, 6.45) is 2.35. The van der Waals surface area contributed by atoms with Gasteiger partial charge in [0.15, 0.2) is 0 Å². The average molecular weight is 250 g/mol. The maximum Gasteiger partial charge on any atom is 0.226 e. The van der Waals surface area contributed by atoms with Crippen LogP contribution in [0.3, 0.4) is 0 Å². The molecule has 2 N–H and O–H groups in total. The zero-order valence-corrected chi connectivity index (χ0v) is 10.6. The van der Waals surface area contributed by atoms with Crippen LogP contribution in [0.4, 0.5) is 4.39 Å².